The molecular weight excluding hydrogens is 973 g/mol. The van der Waals surface area contributed by atoms with Crippen LogP contribution in [0.2, 0.25) is 0 Å². The molecular formula is C73H120O6. The summed E-state index contributed by atoms with van der Waals surface area (Å²) in [5.74, 6) is -0.917. The van der Waals surface area contributed by atoms with Crippen LogP contribution in [-0.2, 0) is 28.6 Å². The molecule has 448 valence electrons. The molecule has 0 spiro atoms. The second kappa shape index (κ2) is 66.1. The highest BCUT2D eigenvalue weighted by Crippen LogP contribution is 2.15. The molecule has 6 heteroatoms. The summed E-state index contributed by atoms with van der Waals surface area (Å²) in [6.07, 6.45) is 93.2. The van der Waals surface area contributed by atoms with Crippen LogP contribution in [0.25, 0.3) is 0 Å². The van der Waals surface area contributed by atoms with Gasteiger partial charge < -0.3 is 14.2 Å². The normalized spacial score (nSPS) is 13.0. The number of hydrogen-bond acceptors (Lipinski definition) is 6. The summed E-state index contributed by atoms with van der Waals surface area (Å²) < 4.78 is 16.9. The van der Waals surface area contributed by atoms with Gasteiger partial charge in [-0.3, -0.25) is 14.4 Å². The monoisotopic (exact) mass is 1090 g/mol. The molecule has 79 heavy (non-hydrogen) atoms. The van der Waals surface area contributed by atoms with E-state index >= 15 is 0 Å². The van der Waals surface area contributed by atoms with Gasteiger partial charge in [-0.1, -0.05) is 270 Å². The summed E-state index contributed by atoms with van der Waals surface area (Å²) >= 11 is 0. The summed E-state index contributed by atoms with van der Waals surface area (Å²) in [4.78, 5) is 38.2. The van der Waals surface area contributed by atoms with E-state index in [-0.39, 0.29) is 31.1 Å². The van der Waals surface area contributed by atoms with Crippen LogP contribution < -0.4 is 0 Å². The zero-order chi connectivity index (χ0) is 57.1. The molecule has 0 heterocycles. The predicted octanol–water partition coefficient (Wildman–Crippen LogP) is 22.5. The quantitative estimate of drug-likeness (QED) is 0.0261. The van der Waals surface area contributed by atoms with Gasteiger partial charge in [-0.2, -0.15) is 0 Å². The van der Waals surface area contributed by atoms with E-state index in [1.165, 1.54) is 96.3 Å². The van der Waals surface area contributed by atoms with Crippen molar-refractivity contribution < 1.29 is 28.6 Å². The minimum atomic E-state index is -0.793. The third-order valence-corrected chi connectivity index (χ3v) is 13.6. The van der Waals surface area contributed by atoms with Crippen molar-refractivity contribution in [3.05, 3.63) is 134 Å². The predicted molar refractivity (Wildman–Crippen MR) is 343 cm³/mol. The summed E-state index contributed by atoms with van der Waals surface area (Å²) in [5.41, 5.74) is 0. The Morgan fingerprint density at radius 2 is 0.506 bits per heavy atom. The Hall–Kier alpha value is -4.45. The van der Waals surface area contributed by atoms with E-state index in [1.54, 1.807) is 0 Å². The number of allylic oxidation sites excluding steroid dienone is 22. The Bertz CT molecular complexity index is 1680. The summed E-state index contributed by atoms with van der Waals surface area (Å²) in [6.45, 7) is 6.44. The zero-order valence-electron chi connectivity index (χ0n) is 51.3. The molecule has 0 saturated heterocycles. The van der Waals surface area contributed by atoms with Gasteiger partial charge in [0.1, 0.15) is 13.2 Å². The van der Waals surface area contributed by atoms with Gasteiger partial charge in [0.2, 0.25) is 0 Å². The highest BCUT2D eigenvalue weighted by Gasteiger charge is 2.19. The topological polar surface area (TPSA) is 78.9 Å². The second-order valence-corrected chi connectivity index (χ2v) is 21.3. The molecule has 1 unspecified atom stereocenters. The van der Waals surface area contributed by atoms with E-state index in [4.69, 9.17) is 14.2 Å². The average molecular weight is 1090 g/mol. The number of rotatable bonds is 58. The molecule has 0 aliphatic rings. The number of esters is 3. The molecule has 0 aliphatic heterocycles. The van der Waals surface area contributed by atoms with E-state index < -0.39 is 6.10 Å². The molecule has 0 aliphatic carbocycles. The summed E-state index contributed by atoms with van der Waals surface area (Å²) in [5, 5.41) is 0. The van der Waals surface area contributed by atoms with Crippen molar-refractivity contribution in [3.63, 3.8) is 0 Å². The van der Waals surface area contributed by atoms with Gasteiger partial charge >= 0.3 is 17.9 Å². The van der Waals surface area contributed by atoms with Gasteiger partial charge in [0.15, 0.2) is 6.10 Å². The van der Waals surface area contributed by atoms with Gasteiger partial charge in [0.25, 0.3) is 0 Å². The Kier molecular flexibility index (Phi) is 62.3. The molecule has 1 atom stereocenters. The Labute approximate surface area is 487 Å². The van der Waals surface area contributed by atoms with Crippen molar-refractivity contribution in [2.45, 2.75) is 297 Å². The van der Waals surface area contributed by atoms with Crippen LogP contribution in [0.5, 0.6) is 0 Å². The molecule has 0 radical (unpaired) electrons. The molecule has 0 aromatic rings. The molecule has 0 aromatic heterocycles. The van der Waals surface area contributed by atoms with E-state index in [2.05, 4.69) is 154 Å². The summed E-state index contributed by atoms with van der Waals surface area (Å²) in [6, 6.07) is 0. The zero-order valence-corrected chi connectivity index (χ0v) is 51.3. The number of ether oxygens (including phenoxy) is 3. The van der Waals surface area contributed by atoms with Crippen LogP contribution in [0.3, 0.4) is 0 Å². The third kappa shape index (κ3) is 64.3. The molecule has 0 amide bonds. The molecule has 0 rings (SSSR count). The van der Waals surface area contributed by atoms with Crippen LogP contribution in [-0.4, -0.2) is 37.2 Å². The minimum absolute atomic E-state index is 0.0904. The van der Waals surface area contributed by atoms with Crippen LogP contribution in [0, 0.1) is 0 Å². The standard InChI is InChI=1S/C73H120O6/c1-4-7-10-13-16-19-22-24-26-27-28-29-30-31-32-33-34-35-36-37-38-39-40-41-42-43-44-45-47-48-51-54-57-60-63-66-72(75)78-69-70(68-77-71(74)65-62-59-56-53-50-21-18-15-12-9-6-3)79-73(76)67-64-61-58-55-52-49-46-25-23-20-17-14-11-8-5-2/h7,10,15-20,24-26,28-29,31-32,34-35,37-38,40-41,46,70H,4-6,8-9,11-14,21-23,27,30,33,36,39,42-45,47-69H2,1-3H3/b10-7-,18-15-,19-16-,20-17-,26-24-,29-28-,32-31-,35-34-,38-37-,41-40-,46-25-. The highest BCUT2D eigenvalue weighted by molar-refractivity contribution is 5.71. The number of carbonyl (C=O) groups is 3. The number of hydrogen-bond donors (Lipinski definition) is 0. The largest absolute Gasteiger partial charge is 0.462 e. The Morgan fingerprint density at radius 1 is 0.266 bits per heavy atom. The maximum atomic E-state index is 12.9. The van der Waals surface area contributed by atoms with Crippen LogP contribution in [0.4, 0.5) is 0 Å². The highest BCUT2D eigenvalue weighted by atomic mass is 16.6. The fraction of sp³-hybridized carbons (Fsp3) is 0.658. The van der Waals surface area contributed by atoms with Gasteiger partial charge in [0, 0.05) is 19.3 Å². The van der Waals surface area contributed by atoms with Crippen molar-refractivity contribution >= 4 is 17.9 Å². The van der Waals surface area contributed by atoms with Gasteiger partial charge in [-0.05, 0) is 135 Å². The fourth-order valence-electron chi connectivity index (χ4n) is 8.70. The Balaban J connectivity index is 4.20. The minimum Gasteiger partial charge on any atom is -0.462 e. The molecule has 6 nitrogen and oxygen atoms in total. The van der Waals surface area contributed by atoms with Crippen molar-refractivity contribution in [2.24, 2.45) is 0 Å². The molecule has 0 saturated carbocycles. The lowest BCUT2D eigenvalue weighted by molar-refractivity contribution is -0.167. The lowest BCUT2D eigenvalue weighted by Crippen LogP contribution is -2.30. The lowest BCUT2D eigenvalue weighted by atomic mass is 10.1. The second-order valence-electron chi connectivity index (χ2n) is 21.3. The first-order valence-electron chi connectivity index (χ1n) is 32.7. The fourth-order valence-corrected chi connectivity index (χ4v) is 8.70. The van der Waals surface area contributed by atoms with Gasteiger partial charge in [-0.15, -0.1) is 0 Å². The van der Waals surface area contributed by atoms with Gasteiger partial charge in [-0.25, -0.2) is 0 Å². The first kappa shape index (κ1) is 74.5. The maximum absolute atomic E-state index is 12.9. The first-order valence-corrected chi connectivity index (χ1v) is 32.7. The SMILES string of the molecule is CC/C=C\C/C=C\C/C=C\C/C=C\C/C=C\C/C=C\C/C=C\C/C=C\CCCCCCCCCCCCC(=O)OCC(COC(=O)CCCCCCC/C=C\CCCC)OC(=O)CCCCCCC/C=C\C/C=C\CCCCC. The summed E-state index contributed by atoms with van der Waals surface area (Å²) in [7, 11) is 0. The van der Waals surface area contributed by atoms with Gasteiger partial charge in [0.05, 0.1) is 0 Å². The molecule has 0 bridgehead atoms. The van der Waals surface area contributed by atoms with E-state index in [0.717, 1.165) is 154 Å². The van der Waals surface area contributed by atoms with E-state index in [9.17, 15) is 14.4 Å². The van der Waals surface area contributed by atoms with Crippen LogP contribution in [0.1, 0.15) is 290 Å². The van der Waals surface area contributed by atoms with Crippen LogP contribution in [0.15, 0.2) is 134 Å². The third-order valence-electron chi connectivity index (χ3n) is 13.6. The van der Waals surface area contributed by atoms with Crippen LogP contribution >= 0.6 is 0 Å². The van der Waals surface area contributed by atoms with E-state index in [0.29, 0.717) is 19.3 Å². The molecule has 0 fully saturated rings. The Morgan fingerprint density at radius 3 is 0.823 bits per heavy atom. The number of unbranched alkanes of at least 4 members (excludes halogenated alkanes) is 25. The maximum Gasteiger partial charge on any atom is 0.306 e. The van der Waals surface area contributed by atoms with Crippen molar-refractivity contribution in [3.8, 4) is 0 Å². The van der Waals surface area contributed by atoms with Crippen molar-refractivity contribution in [2.75, 3.05) is 13.2 Å². The lowest BCUT2D eigenvalue weighted by Gasteiger charge is -2.18. The first-order chi connectivity index (χ1) is 39.0. The van der Waals surface area contributed by atoms with E-state index in [1.807, 2.05) is 0 Å². The molecule has 0 aromatic carbocycles. The average Bonchev–Trinajstić information content (AvgIpc) is 3.45. The van der Waals surface area contributed by atoms with Crippen molar-refractivity contribution in [1.29, 1.82) is 0 Å². The number of carbonyl (C=O) groups excluding carboxylic acids is 3. The smallest absolute Gasteiger partial charge is 0.306 e. The van der Waals surface area contributed by atoms with Crippen molar-refractivity contribution in [1.82, 2.24) is 0 Å². The molecule has 0 N–H and O–H groups in total.